The Morgan fingerprint density at radius 3 is 2.84 bits per heavy atom. The van der Waals surface area contributed by atoms with E-state index in [9.17, 15) is 4.79 Å². The number of para-hydroxylation sites is 1. The van der Waals surface area contributed by atoms with Gasteiger partial charge < -0.3 is 15.2 Å². The van der Waals surface area contributed by atoms with Gasteiger partial charge in [-0.25, -0.2) is 4.79 Å². The highest BCUT2D eigenvalue weighted by Gasteiger charge is 2.35. The average molecular weight is 359 g/mol. The largest absolute Gasteiger partial charge is 0.481 e. The van der Waals surface area contributed by atoms with Crippen molar-refractivity contribution >= 4 is 29.0 Å². The smallest absolute Gasteiger partial charge is 0.341 e. The van der Waals surface area contributed by atoms with Crippen LogP contribution >= 0.6 is 12.2 Å². The standard InChI is InChI=1S/C18H21N3O3S/c1-11(14-4-2-3-5-16(14)24-10-17(22)23)20-21-18(25)19-15-9-12-6-7-13(15)8-12/h2-7,12-13,15H,8-10H2,1H3,(H,22,23)(H2,19,21,25)/t12-,13+,15-/m1/s1. The fourth-order valence-electron chi connectivity index (χ4n) is 3.37. The Morgan fingerprint density at radius 2 is 2.16 bits per heavy atom. The van der Waals surface area contributed by atoms with Crippen LogP contribution in [-0.4, -0.2) is 34.5 Å². The molecule has 25 heavy (non-hydrogen) atoms. The number of ether oxygens (including phenoxy) is 1. The Bertz CT molecular complexity index is 732. The molecule has 1 aromatic carbocycles. The van der Waals surface area contributed by atoms with Crippen LogP contribution in [0.25, 0.3) is 0 Å². The molecule has 0 aromatic heterocycles. The molecule has 6 nitrogen and oxygen atoms in total. The predicted octanol–water partition coefficient (Wildman–Crippen LogP) is 2.30. The van der Waals surface area contributed by atoms with Crippen molar-refractivity contribution in [3.63, 3.8) is 0 Å². The molecule has 0 heterocycles. The number of nitrogens with one attached hydrogen (secondary N) is 2. The molecule has 2 bridgehead atoms. The molecule has 0 amide bonds. The van der Waals surface area contributed by atoms with Gasteiger partial charge in [0, 0.05) is 11.6 Å². The average Bonchev–Trinajstić information content (AvgIpc) is 3.21. The number of aliphatic carboxylic acids is 1. The van der Waals surface area contributed by atoms with Crippen molar-refractivity contribution in [3.05, 3.63) is 42.0 Å². The Hall–Kier alpha value is -2.41. The van der Waals surface area contributed by atoms with Gasteiger partial charge in [-0.05, 0) is 56.0 Å². The van der Waals surface area contributed by atoms with E-state index in [1.54, 1.807) is 12.1 Å². The van der Waals surface area contributed by atoms with Crippen molar-refractivity contribution in [1.82, 2.24) is 10.7 Å². The second-order valence-corrected chi connectivity index (χ2v) is 6.76. The Kier molecular flexibility index (Phi) is 5.33. The van der Waals surface area contributed by atoms with Gasteiger partial charge in [-0.3, -0.25) is 5.43 Å². The van der Waals surface area contributed by atoms with Gasteiger partial charge >= 0.3 is 5.97 Å². The highest BCUT2D eigenvalue weighted by atomic mass is 32.1. The number of hydrazone groups is 1. The zero-order valence-corrected chi connectivity index (χ0v) is 14.8. The molecule has 7 heteroatoms. The maximum Gasteiger partial charge on any atom is 0.341 e. The van der Waals surface area contributed by atoms with Crippen LogP contribution in [0.1, 0.15) is 25.3 Å². The highest BCUT2D eigenvalue weighted by Crippen LogP contribution is 2.38. The maximum atomic E-state index is 10.7. The van der Waals surface area contributed by atoms with E-state index in [-0.39, 0.29) is 0 Å². The lowest BCUT2D eigenvalue weighted by Crippen LogP contribution is -2.42. The SMILES string of the molecule is CC(=NNC(=S)N[C@@H]1C[C@@H]2C=C[C@H]1C2)c1ccccc1OCC(=O)O. The van der Waals surface area contributed by atoms with Gasteiger partial charge in [0.1, 0.15) is 5.75 Å². The van der Waals surface area contributed by atoms with E-state index < -0.39 is 12.6 Å². The first kappa shape index (κ1) is 17.4. The van der Waals surface area contributed by atoms with E-state index in [4.69, 9.17) is 22.1 Å². The zero-order chi connectivity index (χ0) is 17.8. The lowest BCUT2D eigenvalue weighted by Gasteiger charge is -2.21. The summed E-state index contributed by atoms with van der Waals surface area (Å²) in [4.78, 5) is 10.7. The van der Waals surface area contributed by atoms with E-state index in [1.165, 1.54) is 6.42 Å². The second kappa shape index (κ2) is 7.65. The van der Waals surface area contributed by atoms with Crippen LogP contribution in [0, 0.1) is 11.8 Å². The highest BCUT2D eigenvalue weighted by molar-refractivity contribution is 7.80. The molecule has 132 valence electrons. The summed E-state index contributed by atoms with van der Waals surface area (Å²) in [5.41, 5.74) is 4.26. The number of hydrogen-bond acceptors (Lipinski definition) is 4. The molecule has 1 saturated carbocycles. The number of benzene rings is 1. The number of thiocarbonyl (C=S) groups is 1. The Balaban J connectivity index is 1.58. The Morgan fingerprint density at radius 1 is 1.36 bits per heavy atom. The van der Waals surface area contributed by atoms with E-state index in [0.29, 0.717) is 34.5 Å². The van der Waals surface area contributed by atoms with E-state index >= 15 is 0 Å². The first-order valence-electron chi connectivity index (χ1n) is 8.26. The number of carboxylic acids is 1. The van der Waals surface area contributed by atoms with Crippen molar-refractivity contribution in [2.75, 3.05) is 6.61 Å². The molecular formula is C18H21N3O3S. The molecule has 2 aliphatic rings. The van der Waals surface area contributed by atoms with Crippen LogP contribution in [0.3, 0.4) is 0 Å². The number of carboxylic acid groups (broad SMARTS) is 1. The molecule has 0 aliphatic heterocycles. The van der Waals surface area contributed by atoms with Gasteiger partial charge in [-0.1, -0.05) is 24.3 Å². The fraction of sp³-hybridized carbons (Fsp3) is 0.389. The number of allylic oxidation sites excluding steroid dienone is 1. The van der Waals surface area contributed by atoms with E-state index in [1.807, 2.05) is 19.1 Å². The topological polar surface area (TPSA) is 83.0 Å². The van der Waals surface area contributed by atoms with Crippen molar-refractivity contribution < 1.29 is 14.6 Å². The molecule has 2 aliphatic carbocycles. The lowest BCUT2D eigenvalue weighted by atomic mass is 10.0. The van der Waals surface area contributed by atoms with Gasteiger partial charge in [-0.2, -0.15) is 5.10 Å². The Labute approximate surface area is 152 Å². The van der Waals surface area contributed by atoms with Crippen LogP contribution in [0.15, 0.2) is 41.5 Å². The number of carbonyl (C=O) groups is 1. The van der Waals surface area contributed by atoms with Gasteiger partial charge in [0.05, 0.1) is 5.71 Å². The van der Waals surface area contributed by atoms with Crippen LogP contribution in [0.4, 0.5) is 0 Å². The summed E-state index contributed by atoms with van der Waals surface area (Å²) in [7, 11) is 0. The molecule has 0 spiro atoms. The van der Waals surface area contributed by atoms with Crippen LogP contribution in [-0.2, 0) is 4.79 Å². The summed E-state index contributed by atoms with van der Waals surface area (Å²) in [6.45, 7) is 1.42. The molecule has 1 fully saturated rings. The third-order valence-electron chi connectivity index (χ3n) is 4.55. The molecule has 0 saturated heterocycles. The predicted molar refractivity (Wildman–Crippen MR) is 99.8 cm³/mol. The third kappa shape index (κ3) is 4.36. The van der Waals surface area contributed by atoms with Gasteiger partial charge in [0.15, 0.2) is 11.7 Å². The summed E-state index contributed by atoms with van der Waals surface area (Å²) in [6.07, 6.45) is 6.86. The van der Waals surface area contributed by atoms with E-state index in [0.717, 1.165) is 12.0 Å². The molecule has 3 atom stereocenters. The summed E-state index contributed by atoms with van der Waals surface area (Å²) < 4.78 is 5.30. The van der Waals surface area contributed by atoms with Crippen LogP contribution in [0.2, 0.25) is 0 Å². The van der Waals surface area contributed by atoms with Gasteiger partial charge in [0.25, 0.3) is 0 Å². The molecule has 3 rings (SSSR count). The minimum atomic E-state index is -1.02. The van der Waals surface area contributed by atoms with Crippen molar-refractivity contribution in [2.45, 2.75) is 25.8 Å². The normalized spacial score (nSPS) is 24.2. The molecule has 3 N–H and O–H groups in total. The van der Waals surface area contributed by atoms with Crippen molar-refractivity contribution in [1.29, 1.82) is 0 Å². The molecule has 0 radical (unpaired) electrons. The second-order valence-electron chi connectivity index (χ2n) is 6.35. The third-order valence-corrected chi connectivity index (χ3v) is 4.76. The first-order chi connectivity index (χ1) is 12.0. The van der Waals surface area contributed by atoms with Crippen LogP contribution < -0.4 is 15.5 Å². The van der Waals surface area contributed by atoms with Crippen molar-refractivity contribution in [2.24, 2.45) is 16.9 Å². The van der Waals surface area contributed by atoms with Crippen LogP contribution in [0.5, 0.6) is 5.75 Å². The van der Waals surface area contributed by atoms with Gasteiger partial charge in [0.2, 0.25) is 0 Å². The minimum Gasteiger partial charge on any atom is -0.481 e. The number of nitrogens with zero attached hydrogens (tertiary/aromatic N) is 1. The molecule has 1 aromatic rings. The van der Waals surface area contributed by atoms with Gasteiger partial charge in [-0.15, -0.1) is 0 Å². The fourth-order valence-corrected chi connectivity index (χ4v) is 3.57. The maximum absolute atomic E-state index is 10.7. The molecule has 0 unspecified atom stereocenters. The summed E-state index contributed by atoms with van der Waals surface area (Å²) in [6, 6.07) is 7.55. The quantitative estimate of drug-likeness (QED) is 0.313. The summed E-state index contributed by atoms with van der Waals surface area (Å²) >= 11 is 5.33. The summed E-state index contributed by atoms with van der Waals surface area (Å²) in [5.74, 6) is 0.687. The van der Waals surface area contributed by atoms with E-state index in [2.05, 4.69) is 28.0 Å². The minimum absolute atomic E-state index is 0.372. The monoisotopic (exact) mass is 359 g/mol. The lowest BCUT2D eigenvalue weighted by molar-refractivity contribution is -0.139. The zero-order valence-electron chi connectivity index (χ0n) is 13.9. The van der Waals surface area contributed by atoms with Crippen molar-refractivity contribution in [3.8, 4) is 5.75 Å². The molecular weight excluding hydrogens is 338 g/mol. The number of rotatable bonds is 6. The summed E-state index contributed by atoms with van der Waals surface area (Å²) in [5, 5.41) is 16.9. The first-order valence-corrected chi connectivity index (χ1v) is 8.67. The number of fused-ring (bicyclic) bond motifs is 2. The number of hydrogen-bond donors (Lipinski definition) is 3.